The summed E-state index contributed by atoms with van der Waals surface area (Å²) in [5.41, 5.74) is 1.65. The summed E-state index contributed by atoms with van der Waals surface area (Å²) in [5.74, 6) is -3.37. The molecule has 3 aromatic rings. The largest absolute Gasteiger partial charge is 0.423 e. The molecule has 216 valence electrons. The van der Waals surface area contributed by atoms with E-state index in [9.17, 15) is 24.0 Å². The Hall–Kier alpha value is -4.01. The molecular formula is C32H28Cl2N2O6. The lowest BCUT2D eigenvalue weighted by molar-refractivity contribution is -0.154. The first kappa shape index (κ1) is 29.5. The van der Waals surface area contributed by atoms with Crippen molar-refractivity contribution >= 4 is 52.7 Å². The van der Waals surface area contributed by atoms with Gasteiger partial charge in [0.25, 0.3) is 17.7 Å². The van der Waals surface area contributed by atoms with Crippen LogP contribution in [0.5, 0.6) is 5.75 Å². The number of hydrogen-bond acceptors (Lipinski definition) is 6. The maximum atomic E-state index is 13.7. The molecule has 10 heteroatoms. The van der Waals surface area contributed by atoms with Crippen LogP contribution in [0, 0.1) is 24.7 Å². The van der Waals surface area contributed by atoms with Gasteiger partial charge in [0.05, 0.1) is 27.4 Å². The van der Waals surface area contributed by atoms with Crippen LogP contribution < -0.4 is 4.74 Å². The molecule has 0 radical (unpaired) electrons. The molecule has 1 saturated heterocycles. The van der Waals surface area contributed by atoms with Crippen molar-refractivity contribution in [3.05, 3.63) is 99.0 Å². The van der Waals surface area contributed by atoms with E-state index < -0.39 is 47.9 Å². The van der Waals surface area contributed by atoms with Crippen molar-refractivity contribution in [1.29, 1.82) is 0 Å². The molecule has 2 fully saturated rings. The highest BCUT2D eigenvalue weighted by atomic mass is 35.5. The monoisotopic (exact) mass is 606 g/mol. The molecule has 0 spiro atoms. The highest BCUT2D eigenvalue weighted by Crippen LogP contribution is 2.41. The molecule has 8 nitrogen and oxygen atoms in total. The van der Waals surface area contributed by atoms with Crippen LogP contribution in [0.2, 0.25) is 10.0 Å². The summed E-state index contributed by atoms with van der Waals surface area (Å²) in [5, 5.41) is 2.09. The van der Waals surface area contributed by atoms with Gasteiger partial charge in [-0.05, 0) is 86.7 Å². The Balaban J connectivity index is 1.38. The fraction of sp³-hybridized carbons (Fsp3) is 0.281. The third-order valence-electron chi connectivity index (χ3n) is 7.77. The number of hydrogen-bond donors (Lipinski definition) is 0. The van der Waals surface area contributed by atoms with Gasteiger partial charge in [-0.3, -0.25) is 19.2 Å². The SMILES string of the molecule is Cc1ccc(C(=O)Oc2ccc(C(=O)CN(C(=O)c3ccc(Cl)c(Cl)c3)N3C(=O)[C@H]4C[C@H](C)CC[C@H]4C3=O)cc2)cc1. The van der Waals surface area contributed by atoms with Crippen LogP contribution in [0.4, 0.5) is 0 Å². The lowest BCUT2D eigenvalue weighted by Crippen LogP contribution is -2.52. The van der Waals surface area contributed by atoms with E-state index in [1.165, 1.54) is 42.5 Å². The zero-order valence-electron chi connectivity index (χ0n) is 23.0. The lowest BCUT2D eigenvalue weighted by atomic mass is 9.76. The van der Waals surface area contributed by atoms with Crippen molar-refractivity contribution in [3.63, 3.8) is 0 Å². The Morgan fingerprint density at radius 3 is 2.12 bits per heavy atom. The second-order valence-electron chi connectivity index (χ2n) is 10.8. The number of hydrazine groups is 1. The Kier molecular flexibility index (Phi) is 8.48. The van der Waals surface area contributed by atoms with E-state index in [0.29, 0.717) is 18.4 Å². The Morgan fingerprint density at radius 2 is 1.45 bits per heavy atom. The topological polar surface area (TPSA) is 101 Å². The number of Topliss-reactive ketones (excluding diaryl/α,β-unsaturated/α-hetero) is 1. The van der Waals surface area contributed by atoms with Crippen LogP contribution in [0.25, 0.3) is 0 Å². The molecule has 5 rings (SSSR count). The van der Waals surface area contributed by atoms with Crippen molar-refractivity contribution in [2.45, 2.75) is 33.1 Å². The lowest BCUT2D eigenvalue weighted by Gasteiger charge is -2.30. The quantitative estimate of drug-likeness (QED) is 0.138. The molecule has 0 unspecified atom stereocenters. The van der Waals surface area contributed by atoms with E-state index in [0.717, 1.165) is 22.0 Å². The minimum Gasteiger partial charge on any atom is -0.423 e. The molecule has 1 saturated carbocycles. The average molecular weight is 607 g/mol. The summed E-state index contributed by atoms with van der Waals surface area (Å²) < 4.78 is 5.41. The predicted octanol–water partition coefficient (Wildman–Crippen LogP) is 6.18. The molecule has 1 aliphatic carbocycles. The van der Waals surface area contributed by atoms with Crippen LogP contribution in [-0.4, -0.2) is 46.0 Å². The zero-order chi connectivity index (χ0) is 30.1. The van der Waals surface area contributed by atoms with Gasteiger partial charge in [0, 0.05) is 11.1 Å². The number of ether oxygens (including phenoxy) is 1. The van der Waals surface area contributed by atoms with E-state index >= 15 is 0 Å². The van der Waals surface area contributed by atoms with Crippen molar-refractivity contribution in [3.8, 4) is 5.75 Å². The fourth-order valence-corrected chi connectivity index (χ4v) is 5.71. The zero-order valence-corrected chi connectivity index (χ0v) is 24.5. The van der Waals surface area contributed by atoms with Gasteiger partial charge in [-0.2, -0.15) is 5.01 Å². The summed E-state index contributed by atoms with van der Waals surface area (Å²) in [7, 11) is 0. The fourth-order valence-electron chi connectivity index (χ4n) is 5.41. The molecule has 0 aromatic heterocycles. The van der Waals surface area contributed by atoms with E-state index in [4.69, 9.17) is 27.9 Å². The van der Waals surface area contributed by atoms with Gasteiger partial charge < -0.3 is 4.74 Å². The number of nitrogens with zero attached hydrogens (tertiary/aromatic N) is 2. The van der Waals surface area contributed by atoms with Gasteiger partial charge in [-0.15, -0.1) is 0 Å². The van der Waals surface area contributed by atoms with Crippen LogP contribution in [-0.2, 0) is 9.59 Å². The number of imide groups is 1. The number of esters is 1. The van der Waals surface area contributed by atoms with Crippen molar-refractivity contribution < 1.29 is 28.7 Å². The molecule has 1 aliphatic heterocycles. The summed E-state index contributed by atoms with van der Waals surface area (Å²) >= 11 is 12.2. The average Bonchev–Trinajstić information content (AvgIpc) is 3.21. The molecule has 0 N–H and O–H groups in total. The summed E-state index contributed by atoms with van der Waals surface area (Å²) in [6.07, 6.45) is 1.88. The number of carbonyl (C=O) groups is 5. The summed E-state index contributed by atoms with van der Waals surface area (Å²) in [6.45, 7) is 3.36. The van der Waals surface area contributed by atoms with E-state index in [-0.39, 0.29) is 32.8 Å². The van der Waals surface area contributed by atoms with Gasteiger partial charge >= 0.3 is 5.97 Å². The molecule has 3 atom stereocenters. The van der Waals surface area contributed by atoms with Gasteiger partial charge in [0.1, 0.15) is 12.3 Å². The number of amides is 3. The smallest absolute Gasteiger partial charge is 0.343 e. The number of halogens is 2. The Labute approximate surface area is 253 Å². The number of aryl methyl sites for hydroxylation is 1. The van der Waals surface area contributed by atoms with Crippen LogP contribution in [0.15, 0.2) is 66.7 Å². The Bertz CT molecular complexity index is 1570. The number of ketones is 1. The number of benzene rings is 3. The van der Waals surface area contributed by atoms with Gasteiger partial charge in [-0.1, -0.05) is 47.8 Å². The molecular weight excluding hydrogens is 579 g/mol. The second kappa shape index (κ2) is 12.1. The standard InChI is InChI=1S/C32H28Cl2N2O6/c1-18-3-6-21(7-4-18)32(41)42-23-11-8-20(9-12-23)28(37)17-35(29(38)22-10-14-26(33)27(34)16-22)36-30(39)24-13-5-19(2)15-25(24)31(36)40/h3-4,6-12,14,16,19,24-25H,5,13,15,17H2,1-2H3/t19-,24-,25+/m1/s1. The maximum absolute atomic E-state index is 13.7. The molecule has 42 heavy (non-hydrogen) atoms. The summed E-state index contributed by atoms with van der Waals surface area (Å²) in [6, 6.07) is 16.9. The first-order valence-electron chi connectivity index (χ1n) is 13.6. The van der Waals surface area contributed by atoms with E-state index in [1.54, 1.807) is 24.3 Å². The Morgan fingerprint density at radius 1 is 0.833 bits per heavy atom. The van der Waals surface area contributed by atoms with Crippen LogP contribution in [0.3, 0.4) is 0 Å². The van der Waals surface area contributed by atoms with Gasteiger partial charge in [0.15, 0.2) is 5.78 Å². The second-order valence-corrected chi connectivity index (χ2v) is 11.6. The maximum Gasteiger partial charge on any atom is 0.343 e. The molecule has 2 aliphatic rings. The van der Waals surface area contributed by atoms with Crippen molar-refractivity contribution in [2.75, 3.05) is 6.54 Å². The summed E-state index contributed by atoms with van der Waals surface area (Å²) in [4.78, 5) is 66.6. The van der Waals surface area contributed by atoms with E-state index in [2.05, 4.69) is 0 Å². The van der Waals surface area contributed by atoms with Gasteiger partial charge in [-0.25, -0.2) is 9.80 Å². The predicted molar refractivity (Wildman–Crippen MR) is 156 cm³/mol. The highest BCUT2D eigenvalue weighted by molar-refractivity contribution is 6.42. The van der Waals surface area contributed by atoms with Crippen LogP contribution in [0.1, 0.15) is 62.8 Å². The molecule has 0 bridgehead atoms. The van der Waals surface area contributed by atoms with Crippen molar-refractivity contribution in [2.24, 2.45) is 17.8 Å². The highest BCUT2D eigenvalue weighted by Gasteiger charge is 2.52. The number of carbonyl (C=O) groups excluding carboxylic acids is 5. The molecule has 1 heterocycles. The number of rotatable bonds is 7. The first-order valence-corrected chi connectivity index (χ1v) is 14.4. The minimum atomic E-state index is -0.737. The van der Waals surface area contributed by atoms with E-state index in [1.807, 2.05) is 13.8 Å². The molecule has 3 aromatic carbocycles. The van der Waals surface area contributed by atoms with Crippen molar-refractivity contribution in [1.82, 2.24) is 10.0 Å². The first-order chi connectivity index (χ1) is 20.0. The molecule has 3 amide bonds. The third kappa shape index (κ3) is 5.96. The van der Waals surface area contributed by atoms with Gasteiger partial charge in [0.2, 0.25) is 0 Å². The minimum absolute atomic E-state index is 0.0689. The third-order valence-corrected chi connectivity index (χ3v) is 8.51. The number of fused-ring (bicyclic) bond motifs is 1. The van der Waals surface area contributed by atoms with Crippen LogP contribution >= 0.6 is 23.2 Å². The normalized spacial score (nSPS) is 19.8.